The first-order valence-corrected chi connectivity index (χ1v) is 8.33. The van der Waals surface area contributed by atoms with Crippen molar-refractivity contribution in [3.05, 3.63) is 52.8 Å². The van der Waals surface area contributed by atoms with Gasteiger partial charge in [0.25, 0.3) is 0 Å². The average Bonchev–Trinajstić information content (AvgIpc) is 2.92. The Morgan fingerprint density at radius 3 is 2.61 bits per heavy atom. The van der Waals surface area contributed by atoms with E-state index in [9.17, 15) is 0 Å². The molecule has 0 spiro atoms. The molecule has 1 aliphatic rings. The maximum absolute atomic E-state index is 5.51. The highest BCUT2D eigenvalue weighted by Crippen LogP contribution is 2.21. The number of hydrogen-bond donors (Lipinski definition) is 2. The number of aromatic nitrogens is 2. The Morgan fingerprint density at radius 1 is 1.22 bits per heavy atom. The number of nitrogens with zero attached hydrogens (tertiary/aromatic N) is 2. The third-order valence-electron chi connectivity index (χ3n) is 4.59. The molecule has 2 N–H and O–H groups in total. The molecule has 1 aromatic heterocycles. The molecule has 1 aromatic carbocycles. The molecule has 5 nitrogen and oxygen atoms in total. The predicted molar refractivity (Wildman–Crippen MR) is 91.3 cm³/mol. The van der Waals surface area contributed by atoms with E-state index in [1.165, 1.54) is 11.1 Å². The number of aryl methyl sites for hydroxylation is 2. The molecule has 124 valence electrons. The van der Waals surface area contributed by atoms with Gasteiger partial charge >= 0.3 is 0 Å². The Labute approximate surface area is 138 Å². The van der Waals surface area contributed by atoms with Gasteiger partial charge in [-0.25, -0.2) is 0 Å². The van der Waals surface area contributed by atoms with Gasteiger partial charge in [0, 0.05) is 43.5 Å². The summed E-state index contributed by atoms with van der Waals surface area (Å²) < 4.78 is 5.51. The van der Waals surface area contributed by atoms with Crippen LogP contribution in [0.4, 0.5) is 0 Å². The van der Waals surface area contributed by atoms with E-state index in [0.29, 0.717) is 6.04 Å². The fourth-order valence-electron chi connectivity index (χ4n) is 3.19. The first-order chi connectivity index (χ1) is 11.3. The molecule has 1 atom stereocenters. The van der Waals surface area contributed by atoms with Crippen LogP contribution in [0.25, 0.3) is 0 Å². The van der Waals surface area contributed by atoms with Crippen molar-refractivity contribution in [2.24, 2.45) is 0 Å². The van der Waals surface area contributed by atoms with Gasteiger partial charge in [0.2, 0.25) is 0 Å². The Kier molecular flexibility index (Phi) is 5.43. The van der Waals surface area contributed by atoms with E-state index in [4.69, 9.17) is 4.74 Å². The molecule has 5 heteroatoms. The molecule has 0 unspecified atom stereocenters. The molecule has 0 saturated carbocycles. The maximum Gasteiger partial charge on any atom is 0.0638 e. The lowest BCUT2D eigenvalue weighted by Gasteiger charge is -2.35. The Morgan fingerprint density at radius 2 is 1.96 bits per heavy atom. The van der Waals surface area contributed by atoms with E-state index < -0.39 is 0 Å². The van der Waals surface area contributed by atoms with Gasteiger partial charge in [0.05, 0.1) is 18.9 Å². The van der Waals surface area contributed by atoms with Crippen LogP contribution in [-0.2, 0) is 11.3 Å². The molecule has 0 aliphatic carbocycles. The highest BCUT2D eigenvalue weighted by Gasteiger charge is 2.22. The number of benzene rings is 1. The molecule has 23 heavy (non-hydrogen) atoms. The van der Waals surface area contributed by atoms with Crippen LogP contribution < -0.4 is 5.32 Å². The standard InChI is InChI=1S/C18H26N4O/c1-14-17(15(2)21-20-14)12-19-13-18(16-6-4-3-5-7-16)22-8-10-23-11-9-22/h3-7,18-19H,8-13H2,1-2H3,(H,20,21)/t18-/m1/s1. The molecule has 1 saturated heterocycles. The van der Waals surface area contributed by atoms with Crippen LogP contribution >= 0.6 is 0 Å². The molecular formula is C18H26N4O. The van der Waals surface area contributed by atoms with Crippen LogP contribution in [-0.4, -0.2) is 47.9 Å². The lowest BCUT2D eigenvalue weighted by molar-refractivity contribution is 0.0161. The number of morpholine rings is 1. The quantitative estimate of drug-likeness (QED) is 0.858. The zero-order chi connectivity index (χ0) is 16.1. The van der Waals surface area contributed by atoms with E-state index in [0.717, 1.165) is 50.8 Å². The first kappa shape index (κ1) is 16.2. The van der Waals surface area contributed by atoms with Crippen molar-refractivity contribution in [1.82, 2.24) is 20.4 Å². The molecular weight excluding hydrogens is 288 g/mol. The topological polar surface area (TPSA) is 53.2 Å². The van der Waals surface area contributed by atoms with E-state index in [2.05, 4.69) is 64.6 Å². The summed E-state index contributed by atoms with van der Waals surface area (Å²) in [5.41, 5.74) is 4.87. The van der Waals surface area contributed by atoms with Crippen LogP contribution in [0.2, 0.25) is 0 Å². The van der Waals surface area contributed by atoms with Crippen LogP contribution in [0, 0.1) is 13.8 Å². The van der Waals surface area contributed by atoms with Crippen molar-refractivity contribution in [1.29, 1.82) is 0 Å². The summed E-state index contributed by atoms with van der Waals surface area (Å²) in [7, 11) is 0. The summed E-state index contributed by atoms with van der Waals surface area (Å²) in [6.07, 6.45) is 0. The van der Waals surface area contributed by atoms with Gasteiger partial charge in [-0.2, -0.15) is 5.10 Å². The molecule has 0 bridgehead atoms. The lowest BCUT2D eigenvalue weighted by Crippen LogP contribution is -2.42. The van der Waals surface area contributed by atoms with Crippen molar-refractivity contribution in [3.63, 3.8) is 0 Å². The van der Waals surface area contributed by atoms with Gasteiger partial charge in [-0.3, -0.25) is 10.00 Å². The summed E-state index contributed by atoms with van der Waals surface area (Å²) in [6.45, 7) is 9.53. The summed E-state index contributed by atoms with van der Waals surface area (Å²) in [6, 6.07) is 11.1. The van der Waals surface area contributed by atoms with Gasteiger partial charge in [-0.05, 0) is 19.4 Å². The molecule has 2 heterocycles. The summed E-state index contributed by atoms with van der Waals surface area (Å²) >= 11 is 0. The van der Waals surface area contributed by atoms with Crippen LogP contribution in [0.3, 0.4) is 0 Å². The van der Waals surface area contributed by atoms with Crippen molar-refractivity contribution >= 4 is 0 Å². The van der Waals surface area contributed by atoms with Crippen LogP contribution in [0.1, 0.15) is 28.6 Å². The molecule has 2 aromatic rings. The molecule has 1 fully saturated rings. The molecule has 0 radical (unpaired) electrons. The van der Waals surface area contributed by atoms with Crippen molar-refractivity contribution in [2.45, 2.75) is 26.4 Å². The van der Waals surface area contributed by atoms with Gasteiger partial charge in [-0.15, -0.1) is 0 Å². The predicted octanol–water partition coefficient (Wildman–Crippen LogP) is 2.19. The van der Waals surface area contributed by atoms with E-state index in [1.54, 1.807) is 0 Å². The lowest BCUT2D eigenvalue weighted by atomic mass is 10.0. The number of aromatic amines is 1. The highest BCUT2D eigenvalue weighted by atomic mass is 16.5. The van der Waals surface area contributed by atoms with Gasteiger partial charge < -0.3 is 10.1 Å². The number of ether oxygens (including phenoxy) is 1. The SMILES string of the molecule is Cc1n[nH]c(C)c1CNC[C@H](c1ccccc1)N1CCOCC1. The molecule has 1 aliphatic heterocycles. The second kappa shape index (κ2) is 7.73. The van der Waals surface area contributed by atoms with Gasteiger partial charge in [0.15, 0.2) is 0 Å². The number of hydrogen-bond acceptors (Lipinski definition) is 4. The fourth-order valence-corrected chi connectivity index (χ4v) is 3.19. The fraction of sp³-hybridized carbons (Fsp3) is 0.500. The normalized spacial score (nSPS) is 17.3. The van der Waals surface area contributed by atoms with Crippen LogP contribution in [0.15, 0.2) is 30.3 Å². The van der Waals surface area contributed by atoms with Crippen molar-refractivity contribution in [3.8, 4) is 0 Å². The third kappa shape index (κ3) is 3.99. The Balaban J connectivity index is 1.66. The molecule has 3 rings (SSSR count). The Bertz CT molecular complexity index is 585. The largest absolute Gasteiger partial charge is 0.379 e. The number of H-pyrrole nitrogens is 1. The maximum atomic E-state index is 5.51. The Hall–Kier alpha value is -1.69. The van der Waals surface area contributed by atoms with E-state index in [1.807, 2.05) is 0 Å². The van der Waals surface area contributed by atoms with E-state index >= 15 is 0 Å². The highest BCUT2D eigenvalue weighted by molar-refractivity contribution is 5.23. The second-order valence-corrected chi connectivity index (χ2v) is 6.12. The van der Waals surface area contributed by atoms with E-state index in [-0.39, 0.29) is 0 Å². The smallest absolute Gasteiger partial charge is 0.0638 e. The van der Waals surface area contributed by atoms with Crippen molar-refractivity contribution < 1.29 is 4.74 Å². The summed E-state index contributed by atoms with van der Waals surface area (Å²) in [5.74, 6) is 0. The van der Waals surface area contributed by atoms with Gasteiger partial charge in [-0.1, -0.05) is 30.3 Å². The number of nitrogens with one attached hydrogen (secondary N) is 2. The first-order valence-electron chi connectivity index (χ1n) is 8.33. The van der Waals surface area contributed by atoms with Gasteiger partial charge in [0.1, 0.15) is 0 Å². The molecule has 0 amide bonds. The monoisotopic (exact) mass is 314 g/mol. The summed E-state index contributed by atoms with van der Waals surface area (Å²) in [4.78, 5) is 2.51. The van der Waals surface area contributed by atoms with Crippen molar-refractivity contribution in [2.75, 3.05) is 32.8 Å². The zero-order valence-corrected chi connectivity index (χ0v) is 14.0. The second-order valence-electron chi connectivity index (χ2n) is 6.12. The minimum Gasteiger partial charge on any atom is -0.379 e. The third-order valence-corrected chi connectivity index (χ3v) is 4.59. The van der Waals surface area contributed by atoms with Crippen LogP contribution in [0.5, 0.6) is 0 Å². The average molecular weight is 314 g/mol. The summed E-state index contributed by atoms with van der Waals surface area (Å²) in [5, 5.41) is 10.9. The minimum absolute atomic E-state index is 0.382. The number of rotatable bonds is 6. The zero-order valence-electron chi connectivity index (χ0n) is 14.0. The minimum atomic E-state index is 0.382.